The van der Waals surface area contributed by atoms with E-state index < -0.39 is 0 Å². The molecule has 1 N–H and O–H groups in total. The summed E-state index contributed by atoms with van der Waals surface area (Å²) in [6, 6.07) is 2.03. The van der Waals surface area contributed by atoms with Crippen molar-refractivity contribution in [2.45, 2.75) is 0 Å². The van der Waals surface area contributed by atoms with E-state index in [4.69, 9.17) is 16.7 Å². The average Bonchev–Trinajstić information content (AvgIpc) is 2.08. The Hall–Kier alpha value is -1.29. The van der Waals surface area contributed by atoms with E-state index in [1.165, 1.54) is 0 Å². The molecule has 0 fully saturated rings. The highest BCUT2D eigenvalue weighted by Crippen LogP contribution is 2.31. The first-order chi connectivity index (χ1) is 5.69. The summed E-state index contributed by atoms with van der Waals surface area (Å²) in [4.78, 5) is 13.5. The van der Waals surface area contributed by atoms with E-state index in [-0.39, 0.29) is 22.1 Å². The molecule has 1 aromatic carbocycles. The summed E-state index contributed by atoms with van der Waals surface area (Å²) in [7, 11) is 0. The lowest BCUT2D eigenvalue weighted by atomic mass is 10.2. The molecule has 0 saturated carbocycles. The van der Waals surface area contributed by atoms with Crippen molar-refractivity contribution >= 4 is 17.9 Å². The molecule has 0 bridgehead atoms. The molecule has 1 aromatic rings. The molecule has 0 unspecified atom stereocenters. The number of carbonyl (C=O) groups is 1. The van der Waals surface area contributed by atoms with Crippen molar-refractivity contribution in [3.8, 4) is 11.5 Å². The summed E-state index contributed by atoms with van der Waals surface area (Å²) in [5.41, 5.74) is -0.0131. The summed E-state index contributed by atoms with van der Waals surface area (Å²) in [6.07, 6.45) is 0.406. The first-order valence-electron chi connectivity index (χ1n) is 2.95. The topological polar surface area (TPSA) is 46.5 Å². The lowest BCUT2D eigenvalue weighted by Crippen LogP contribution is -1.84. The van der Waals surface area contributed by atoms with Crippen LogP contribution in [-0.2, 0) is 0 Å². The van der Waals surface area contributed by atoms with E-state index in [9.17, 15) is 9.32 Å². The van der Waals surface area contributed by atoms with Crippen molar-refractivity contribution in [2.24, 2.45) is 0 Å². The fourth-order valence-electron chi connectivity index (χ4n) is 0.712. The minimum Gasteiger partial charge on any atom is -0.507 e. The van der Waals surface area contributed by atoms with Crippen LogP contribution < -0.4 is 4.94 Å². The quantitative estimate of drug-likeness (QED) is 0.727. The Morgan fingerprint density at radius 2 is 2.25 bits per heavy atom. The molecule has 0 saturated heterocycles. The molecule has 0 aromatic heterocycles. The van der Waals surface area contributed by atoms with Crippen molar-refractivity contribution in [1.29, 1.82) is 0 Å². The number of benzene rings is 1. The second kappa shape index (κ2) is 3.40. The van der Waals surface area contributed by atoms with Crippen molar-refractivity contribution in [3.63, 3.8) is 0 Å². The number of hydrogen-bond donors (Lipinski definition) is 1. The highest BCUT2D eigenvalue weighted by Gasteiger charge is 2.08. The molecule has 64 valence electrons. The number of phenolic OH excluding ortho intramolecular Hbond substituents is 1. The molecule has 0 heterocycles. The standard InChI is InChI=1S/C7H4ClFO3/c8-5-1-4(3-10)6(11)2-7(5)12-9/h1-3,11H. The van der Waals surface area contributed by atoms with E-state index in [1.807, 2.05) is 0 Å². The molecule has 0 aliphatic heterocycles. The number of halogens is 2. The smallest absolute Gasteiger partial charge is 0.194 e. The highest BCUT2D eigenvalue weighted by atomic mass is 35.5. The van der Waals surface area contributed by atoms with Gasteiger partial charge in [-0.3, -0.25) is 9.74 Å². The number of carbonyl (C=O) groups excluding carboxylic acids is 1. The van der Waals surface area contributed by atoms with Crippen LogP contribution in [-0.4, -0.2) is 11.4 Å². The molecule has 0 amide bonds. The molecule has 0 spiro atoms. The van der Waals surface area contributed by atoms with Gasteiger partial charge in [-0.25, -0.2) is 0 Å². The predicted octanol–water partition coefficient (Wildman–Crippen LogP) is 2.12. The second-order valence-electron chi connectivity index (χ2n) is 2.04. The van der Waals surface area contributed by atoms with Crippen molar-refractivity contribution in [2.75, 3.05) is 0 Å². The Bertz CT molecular complexity index is 314. The maximum atomic E-state index is 11.6. The van der Waals surface area contributed by atoms with Gasteiger partial charge in [0.25, 0.3) is 0 Å². The summed E-state index contributed by atoms with van der Waals surface area (Å²) < 4.78 is 11.6. The minimum atomic E-state index is -0.373. The molecule has 0 radical (unpaired) electrons. The van der Waals surface area contributed by atoms with Gasteiger partial charge in [0.1, 0.15) is 5.75 Å². The number of aromatic hydroxyl groups is 1. The van der Waals surface area contributed by atoms with Crippen LogP contribution in [0, 0.1) is 0 Å². The van der Waals surface area contributed by atoms with Gasteiger partial charge in [0, 0.05) is 10.6 Å². The van der Waals surface area contributed by atoms with Crippen LogP contribution in [0.25, 0.3) is 0 Å². The molecule has 0 atom stereocenters. The maximum Gasteiger partial charge on any atom is 0.194 e. The van der Waals surface area contributed by atoms with Crippen LogP contribution in [0.1, 0.15) is 10.4 Å². The predicted molar refractivity (Wildman–Crippen MR) is 40.2 cm³/mol. The Morgan fingerprint density at radius 3 is 2.75 bits per heavy atom. The molecular weight excluding hydrogens is 187 g/mol. The Labute approximate surface area is 72.2 Å². The van der Waals surface area contributed by atoms with Gasteiger partial charge in [0.05, 0.1) is 10.6 Å². The third-order valence-electron chi connectivity index (χ3n) is 1.29. The van der Waals surface area contributed by atoms with Gasteiger partial charge in [-0.2, -0.15) is 0 Å². The van der Waals surface area contributed by atoms with E-state index >= 15 is 0 Å². The van der Waals surface area contributed by atoms with Crippen LogP contribution in [0.2, 0.25) is 5.02 Å². The van der Waals surface area contributed by atoms with Gasteiger partial charge in [-0.1, -0.05) is 11.6 Å². The van der Waals surface area contributed by atoms with E-state index in [2.05, 4.69) is 4.94 Å². The fraction of sp³-hybridized carbons (Fsp3) is 0. The lowest BCUT2D eigenvalue weighted by molar-refractivity contribution is -0.00629. The first kappa shape index (κ1) is 8.80. The Balaban J connectivity index is 3.25. The van der Waals surface area contributed by atoms with Gasteiger partial charge in [0.2, 0.25) is 0 Å². The third-order valence-corrected chi connectivity index (χ3v) is 1.59. The van der Waals surface area contributed by atoms with E-state index in [0.29, 0.717) is 6.29 Å². The zero-order valence-electron chi connectivity index (χ0n) is 5.75. The zero-order chi connectivity index (χ0) is 9.14. The van der Waals surface area contributed by atoms with Crippen LogP contribution in [0.15, 0.2) is 12.1 Å². The summed E-state index contributed by atoms with van der Waals surface area (Å²) in [5, 5.41) is 8.94. The third kappa shape index (κ3) is 1.48. The summed E-state index contributed by atoms with van der Waals surface area (Å²) >= 11 is 5.45. The first-order valence-corrected chi connectivity index (χ1v) is 3.33. The Kier molecular flexibility index (Phi) is 2.50. The van der Waals surface area contributed by atoms with Gasteiger partial charge >= 0.3 is 0 Å². The normalized spacial score (nSPS) is 9.50. The second-order valence-corrected chi connectivity index (χ2v) is 2.44. The van der Waals surface area contributed by atoms with E-state index in [1.54, 1.807) is 0 Å². The summed E-state index contributed by atoms with van der Waals surface area (Å²) in [5.74, 6) is -0.693. The van der Waals surface area contributed by atoms with Gasteiger partial charge in [-0.15, -0.1) is 0 Å². The summed E-state index contributed by atoms with van der Waals surface area (Å²) in [6.45, 7) is 0. The zero-order valence-corrected chi connectivity index (χ0v) is 6.51. The van der Waals surface area contributed by atoms with Gasteiger partial charge < -0.3 is 5.11 Å². The molecule has 12 heavy (non-hydrogen) atoms. The maximum absolute atomic E-state index is 11.6. The molecular formula is C7H4ClFO3. The molecule has 1 rings (SSSR count). The van der Waals surface area contributed by atoms with Crippen molar-refractivity contribution in [3.05, 3.63) is 22.7 Å². The highest BCUT2D eigenvalue weighted by molar-refractivity contribution is 6.32. The largest absolute Gasteiger partial charge is 0.507 e. The van der Waals surface area contributed by atoms with Crippen LogP contribution >= 0.6 is 11.6 Å². The van der Waals surface area contributed by atoms with Crippen LogP contribution in [0.3, 0.4) is 0 Å². The van der Waals surface area contributed by atoms with Gasteiger partial charge in [-0.05, 0) is 6.07 Å². The number of hydrogen-bond acceptors (Lipinski definition) is 3. The van der Waals surface area contributed by atoms with Gasteiger partial charge in [0.15, 0.2) is 12.0 Å². The number of aldehydes is 1. The molecule has 0 aliphatic rings. The SMILES string of the molecule is O=Cc1cc(Cl)c(OF)cc1O. The molecule has 0 aliphatic carbocycles. The van der Waals surface area contributed by atoms with Crippen molar-refractivity contribution in [1.82, 2.24) is 0 Å². The average molecular weight is 191 g/mol. The fourth-order valence-corrected chi connectivity index (χ4v) is 0.913. The Morgan fingerprint density at radius 1 is 1.58 bits per heavy atom. The number of rotatable bonds is 2. The lowest BCUT2D eigenvalue weighted by Gasteiger charge is -2.00. The number of phenols is 1. The monoisotopic (exact) mass is 190 g/mol. The molecule has 3 nitrogen and oxygen atoms in total. The van der Waals surface area contributed by atoms with E-state index in [0.717, 1.165) is 12.1 Å². The minimum absolute atomic E-state index is 0.0131. The van der Waals surface area contributed by atoms with Crippen LogP contribution in [0.4, 0.5) is 4.53 Å². The van der Waals surface area contributed by atoms with Crippen molar-refractivity contribution < 1.29 is 19.4 Å². The molecule has 5 heteroatoms. The van der Waals surface area contributed by atoms with Crippen LogP contribution in [0.5, 0.6) is 11.5 Å².